The number of rotatable bonds is 4. The Morgan fingerprint density at radius 3 is 2.72 bits per heavy atom. The van der Waals surface area contributed by atoms with Gasteiger partial charge in [0.25, 0.3) is 0 Å². The fourth-order valence-corrected chi connectivity index (χ4v) is 3.45. The average molecular weight is 282 g/mol. The van der Waals surface area contributed by atoms with Crippen LogP contribution in [-0.2, 0) is 16.6 Å². The van der Waals surface area contributed by atoms with E-state index in [4.69, 9.17) is 0 Å². The molecule has 2 aromatic rings. The van der Waals surface area contributed by atoms with E-state index in [9.17, 15) is 8.42 Å². The summed E-state index contributed by atoms with van der Waals surface area (Å²) in [5, 5.41) is 1.82. The largest absolute Gasteiger partial charge is 0.248 e. The number of thiazole rings is 1. The van der Waals surface area contributed by atoms with Crippen molar-refractivity contribution in [2.45, 2.75) is 25.3 Å². The number of sulfonamides is 1. The van der Waals surface area contributed by atoms with Gasteiger partial charge in [0.05, 0.1) is 22.6 Å². The summed E-state index contributed by atoms with van der Waals surface area (Å²) in [6.45, 7) is 3.95. The zero-order valence-electron chi connectivity index (χ0n) is 10.2. The van der Waals surface area contributed by atoms with Gasteiger partial charge in [-0.3, -0.25) is 0 Å². The van der Waals surface area contributed by atoms with Gasteiger partial charge >= 0.3 is 0 Å². The molecule has 0 saturated carbocycles. The molecule has 0 amide bonds. The van der Waals surface area contributed by atoms with Crippen molar-refractivity contribution in [1.82, 2.24) is 9.71 Å². The number of nitrogens with one attached hydrogen (secondary N) is 1. The van der Waals surface area contributed by atoms with E-state index in [1.807, 2.05) is 18.4 Å². The number of hydrogen-bond donors (Lipinski definition) is 1. The van der Waals surface area contributed by atoms with E-state index in [-0.39, 0.29) is 6.54 Å². The van der Waals surface area contributed by atoms with Crippen molar-refractivity contribution in [2.75, 3.05) is 0 Å². The minimum absolute atomic E-state index is 0.221. The molecule has 0 saturated heterocycles. The Morgan fingerprint density at radius 2 is 2.11 bits per heavy atom. The van der Waals surface area contributed by atoms with E-state index in [2.05, 4.69) is 9.71 Å². The lowest BCUT2D eigenvalue weighted by atomic mass is 10.2. The molecule has 18 heavy (non-hydrogen) atoms. The second-order valence-corrected chi connectivity index (χ2v) is 6.53. The maximum atomic E-state index is 12.1. The lowest BCUT2D eigenvalue weighted by Crippen LogP contribution is -2.24. The van der Waals surface area contributed by atoms with Crippen LogP contribution in [-0.4, -0.2) is 13.4 Å². The highest BCUT2D eigenvalue weighted by atomic mass is 32.2. The lowest BCUT2D eigenvalue weighted by Gasteiger charge is -2.09. The molecule has 1 aromatic heterocycles. The van der Waals surface area contributed by atoms with Crippen LogP contribution in [0.25, 0.3) is 0 Å². The standard InChI is InChI=1S/C12H14N2O2S2/c1-9-3-4-12(10(2)5-9)18(15,16)14-6-11-7-17-8-13-11/h3-5,7-8,14H,6H2,1-2H3. The summed E-state index contributed by atoms with van der Waals surface area (Å²) in [4.78, 5) is 4.36. The predicted molar refractivity (Wildman–Crippen MR) is 72.1 cm³/mol. The van der Waals surface area contributed by atoms with E-state index in [0.717, 1.165) is 16.8 Å². The van der Waals surface area contributed by atoms with Crippen molar-refractivity contribution in [3.05, 3.63) is 45.9 Å². The quantitative estimate of drug-likeness (QED) is 0.935. The van der Waals surface area contributed by atoms with Crippen molar-refractivity contribution >= 4 is 21.4 Å². The van der Waals surface area contributed by atoms with Crippen LogP contribution in [0.5, 0.6) is 0 Å². The van der Waals surface area contributed by atoms with Gasteiger partial charge in [-0.1, -0.05) is 17.7 Å². The van der Waals surface area contributed by atoms with Crippen molar-refractivity contribution in [2.24, 2.45) is 0 Å². The van der Waals surface area contributed by atoms with Crippen LogP contribution >= 0.6 is 11.3 Å². The number of nitrogens with zero attached hydrogens (tertiary/aromatic N) is 1. The summed E-state index contributed by atoms with van der Waals surface area (Å²) in [6.07, 6.45) is 0. The monoisotopic (exact) mass is 282 g/mol. The second kappa shape index (κ2) is 5.17. The van der Waals surface area contributed by atoms with Crippen LogP contribution in [0.2, 0.25) is 0 Å². The first-order valence-electron chi connectivity index (χ1n) is 5.43. The third-order valence-corrected chi connectivity index (χ3v) is 4.74. The van der Waals surface area contributed by atoms with Crippen molar-refractivity contribution in [1.29, 1.82) is 0 Å². The first kappa shape index (κ1) is 13.2. The zero-order valence-corrected chi connectivity index (χ0v) is 11.8. The summed E-state index contributed by atoms with van der Waals surface area (Å²) >= 11 is 1.45. The van der Waals surface area contributed by atoms with Gasteiger partial charge in [0, 0.05) is 5.38 Å². The SMILES string of the molecule is Cc1ccc(S(=O)(=O)NCc2cscn2)c(C)c1. The Bertz CT molecular complexity index is 634. The minimum Gasteiger partial charge on any atom is -0.248 e. The summed E-state index contributed by atoms with van der Waals surface area (Å²) < 4.78 is 26.8. The van der Waals surface area contributed by atoms with Crippen LogP contribution in [0.4, 0.5) is 0 Å². The highest BCUT2D eigenvalue weighted by Gasteiger charge is 2.16. The molecule has 0 bridgehead atoms. The average Bonchev–Trinajstić information content (AvgIpc) is 2.78. The van der Waals surface area contributed by atoms with Gasteiger partial charge in [-0.15, -0.1) is 11.3 Å². The van der Waals surface area contributed by atoms with E-state index >= 15 is 0 Å². The normalized spacial score (nSPS) is 11.7. The first-order valence-corrected chi connectivity index (χ1v) is 7.85. The Hall–Kier alpha value is -1.24. The van der Waals surface area contributed by atoms with Crippen LogP contribution in [0, 0.1) is 13.8 Å². The molecule has 0 aliphatic heterocycles. The summed E-state index contributed by atoms with van der Waals surface area (Å²) in [5.41, 5.74) is 4.21. The van der Waals surface area contributed by atoms with E-state index in [1.54, 1.807) is 24.6 Å². The molecule has 1 aromatic carbocycles. The Morgan fingerprint density at radius 1 is 1.33 bits per heavy atom. The topological polar surface area (TPSA) is 59.1 Å². The summed E-state index contributed by atoms with van der Waals surface area (Å²) in [6, 6.07) is 5.29. The molecular formula is C12H14N2O2S2. The predicted octanol–water partition coefficient (Wildman–Crippen LogP) is 2.24. The minimum atomic E-state index is -3.47. The smallest absolute Gasteiger partial charge is 0.241 e. The molecule has 2 rings (SSSR count). The van der Waals surface area contributed by atoms with Crippen molar-refractivity contribution in [3.63, 3.8) is 0 Å². The third kappa shape index (κ3) is 2.95. The highest BCUT2D eigenvalue weighted by Crippen LogP contribution is 2.16. The van der Waals surface area contributed by atoms with Gasteiger partial charge in [0.2, 0.25) is 10.0 Å². The molecule has 0 radical (unpaired) electrons. The Labute approximate surface area is 111 Å². The summed E-state index contributed by atoms with van der Waals surface area (Å²) in [5.74, 6) is 0. The molecule has 4 nitrogen and oxygen atoms in total. The fourth-order valence-electron chi connectivity index (χ4n) is 1.67. The lowest BCUT2D eigenvalue weighted by molar-refractivity contribution is 0.580. The number of aryl methyl sites for hydroxylation is 2. The number of aromatic nitrogens is 1. The fraction of sp³-hybridized carbons (Fsp3) is 0.250. The van der Waals surface area contributed by atoms with Gasteiger partial charge in [0.1, 0.15) is 0 Å². The number of benzene rings is 1. The molecule has 1 heterocycles. The van der Waals surface area contributed by atoms with Gasteiger partial charge in [-0.05, 0) is 25.5 Å². The third-order valence-electron chi connectivity index (χ3n) is 2.55. The van der Waals surface area contributed by atoms with Gasteiger partial charge in [-0.25, -0.2) is 18.1 Å². The van der Waals surface area contributed by atoms with Gasteiger partial charge < -0.3 is 0 Å². The molecule has 96 valence electrons. The molecule has 1 N–H and O–H groups in total. The maximum absolute atomic E-state index is 12.1. The Kier molecular flexibility index (Phi) is 3.79. The number of hydrogen-bond acceptors (Lipinski definition) is 4. The molecular weight excluding hydrogens is 268 g/mol. The highest BCUT2D eigenvalue weighted by molar-refractivity contribution is 7.89. The molecule has 0 unspecified atom stereocenters. The van der Waals surface area contributed by atoms with Crippen LogP contribution in [0.1, 0.15) is 16.8 Å². The first-order chi connectivity index (χ1) is 8.49. The van der Waals surface area contributed by atoms with Gasteiger partial charge in [-0.2, -0.15) is 0 Å². The van der Waals surface area contributed by atoms with Gasteiger partial charge in [0.15, 0.2) is 0 Å². The molecule has 6 heteroatoms. The van der Waals surface area contributed by atoms with E-state index in [0.29, 0.717) is 4.90 Å². The van der Waals surface area contributed by atoms with E-state index in [1.165, 1.54) is 11.3 Å². The Balaban J connectivity index is 2.20. The molecule has 0 atom stereocenters. The van der Waals surface area contributed by atoms with Crippen molar-refractivity contribution < 1.29 is 8.42 Å². The zero-order chi connectivity index (χ0) is 13.2. The summed E-state index contributed by atoms with van der Waals surface area (Å²) in [7, 11) is -3.47. The maximum Gasteiger partial charge on any atom is 0.241 e. The second-order valence-electron chi connectivity index (χ2n) is 4.07. The van der Waals surface area contributed by atoms with Crippen LogP contribution in [0.15, 0.2) is 34.0 Å². The van der Waals surface area contributed by atoms with E-state index < -0.39 is 10.0 Å². The molecule has 0 aliphatic rings. The molecule has 0 aliphatic carbocycles. The molecule has 0 fully saturated rings. The van der Waals surface area contributed by atoms with Crippen molar-refractivity contribution in [3.8, 4) is 0 Å². The molecule has 0 spiro atoms. The van der Waals surface area contributed by atoms with Crippen LogP contribution in [0.3, 0.4) is 0 Å². The van der Waals surface area contributed by atoms with Crippen LogP contribution < -0.4 is 4.72 Å².